The Hall–Kier alpha value is -1.62. The van der Waals surface area contributed by atoms with Gasteiger partial charge in [0, 0.05) is 30.8 Å². The van der Waals surface area contributed by atoms with E-state index in [2.05, 4.69) is 40.9 Å². The Labute approximate surface area is 107 Å². The molecule has 0 aromatic carbocycles. The number of imidazole rings is 1. The summed E-state index contributed by atoms with van der Waals surface area (Å²) < 4.78 is 5.29. The molecule has 2 rings (SSSR count). The molecule has 0 amide bonds. The van der Waals surface area contributed by atoms with Gasteiger partial charge in [-0.3, -0.25) is 4.90 Å². The second-order valence-electron chi connectivity index (χ2n) is 5.02. The third-order valence-electron chi connectivity index (χ3n) is 2.93. The Bertz CT molecular complexity index is 501. The largest absolute Gasteiger partial charge is 0.361 e. The van der Waals surface area contributed by atoms with Crippen molar-refractivity contribution in [2.75, 3.05) is 7.05 Å². The molecule has 0 saturated carbocycles. The molecule has 0 bridgehead atoms. The molecule has 0 spiro atoms. The lowest BCUT2D eigenvalue weighted by Crippen LogP contribution is -2.18. The minimum absolute atomic E-state index is 0.380. The van der Waals surface area contributed by atoms with Gasteiger partial charge in [-0.15, -0.1) is 0 Å². The zero-order chi connectivity index (χ0) is 13.1. The van der Waals surface area contributed by atoms with Crippen molar-refractivity contribution in [2.24, 2.45) is 0 Å². The Kier molecular flexibility index (Phi) is 3.81. The number of H-pyrrole nitrogens is 1. The van der Waals surface area contributed by atoms with E-state index in [0.29, 0.717) is 5.92 Å². The lowest BCUT2D eigenvalue weighted by Gasteiger charge is -2.13. The average molecular weight is 248 g/mol. The van der Waals surface area contributed by atoms with Gasteiger partial charge in [-0.2, -0.15) is 0 Å². The van der Waals surface area contributed by atoms with Gasteiger partial charge in [-0.05, 0) is 14.0 Å². The highest BCUT2D eigenvalue weighted by molar-refractivity contribution is 5.10. The van der Waals surface area contributed by atoms with Crippen LogP contribution in [0, 0.1) is 6.92 Å². The first-order valence-corrected chi connectivity index (χ1v) is 6.19. The van der Waals surface area contributed by atoms with Gasteiger partial charge < -0.3 is 9.51 Å². The molecule has 18 heavy (non-hydrogen) atoms. The fraction of sp³-hybridized carbons (Fsp3) is 0.538. The van der Waals surface area contributed by atoms with Gasteiger partial charge in [0.2, 0.25) is 0 Å². The number of hydrogen-bond donors (Lipinski definition) is 1. The molecule has 0 aliphatic carbocycles. The quantitative estimate of drug-likeness (QED) is 0.883. The predicted molar refractivity (Wildman–Crippen MR) is 69.1 cm³/mol. The topological polar surface area (TPSA) is 58.0 Å². The third kappa shape index (κ3) is 2.98. The highest BCUT2D eigenvalue weighted by atomic mass is 16.5. The number of aromatic nitrogens is 3. The third-order valence-corrected chi connectivity index (χ3v) is 2.93. The summed E-state index contributed by atoms with van der Waals surface area (Å²) in [6.07, 6.45) is 1.73. The lowest BCUT2D eigenvalue weighted by molar-refractivity contribution is 0.296. The molecular formula is C13H20N4O. The van der Waals surface area contributed by atoms with Crippen LogP contribution in [0.3, 0.4) is 0 Å². The number of hydrogen-bond acceptors (Lipinski definition) is 4. The van der Waals surface area contributed by atoms with Crippen LogP contribution < -0.4 is 0 Å². The van der Waals surface area contributed by atoms with Crippen LogP contribution in [-0.2, 0) is 13.1 Å². The molecule has 5 nitrogen and oxygen atoms in total. The highest BCUT2D eigenvalue weighted by Crippen LogP contribution is 2.16. The summed E-state index contributed by atoms with van der Waals surface area (Å²) >= 11 is 0. The Morgan fingerprint density at radius 3 is 2.72 bits per heavy atom. The molecule has 0 atom stereocenters. The number of nitrogens with one attached hydrogen (secondary N) is 1. The van der Waals surface area contributed by atoms with Crippen molar-refractivity contribution in [3.8, 4) is 0 Å². The summed E-state index contributed by atoms with van der Waals surface area (Å²) in [7, 11) is 2.05. The molecule has 0 saturated heterocycles. The average Bonchev–Trinajstić information content (AvgIpc) is 2.89. The summed E-state index contributed by atoms with van der Waals surface area (Å²) in [5.74, 6) is 1.32. The minimum Gasteiger partial charge on any atom is -0.361 e. The zero-order valence-corrected chi connectivity index (χ0v) is 11.4. The van der Waals surface area contributed by atoms with Crippen molar-refractivity contribution < 1.29 is 4.52 Å². The Morgan fingerprint density at radius 2 is 2.17 bits per heavy atom. The van der Waals surface area contributed by atoms with Crippen molar-refractivity contribution in [1.29, 1.82) is 0 Å². The first kappa shape index (κ1) is 12.8. The molecule has 5 heteroatoms. The van der Waals surface area contributed by atoms with Gasteiger partial charge in [-0.25, -0.2) is 4.98 Å². The fourth-order valence-electron chi connectivity index (χ4n) is 1.81. The van der Waals surface area contributed by atoms with Crippen LogP contribution in [0.1, 0.15) is 42.6 Å². The van der Waals surface area contributed by atoms with Gasteiger partial charge in [0.25, 0.3) is 0 Å². The zero-order valence-electron chi connectivity index (χ0n) is 11.4. The second-order valence-corrected chi connectivity index (χ2v) is 5.02. The normalized spacial score (nSPS) is 11.7. The minimum atomic E-state index is 0.380. The molecular weight excluding hydrogens is 228 g/mol. The van der Waals surface area contributed by atoms with E-state index in [1.54, 1.807) is 6.33 Å². The van der Waals surface area contributed by atoms with E-state index in [0.717, 1.165) is 35.9 Å². The van der Waals surface area contributed by atoms with E-state index >= 15 is 0 Å². The van der Waals surface area contributed by atoms with Crippen molar-refractivity contribution in [2.45, 2.75) is 39.8 Å². The maximum absolute atomic E-state index is 5.29. The van der Waals surface area contributed by atoms with E-state index in [1.807, 2.05) is 13.0 Å². The smallest absolute Gasteiger partial charge is 0.139 e. The summed E-state index contributed by atoms with van der Waals surface area (Å²) in [5, 5.41) is 4.08. The summed E-state index contributed by atoms with van der Waals surface area (Å²) in [4.78, 5) is 9.55. The van der Waals surface area contributed by atoms with Gasteiger partial charge in [0.1, 0.15) is 5.76 Å². The number of aryl methyl sites for hydroxylation is 1. The Balaban J connectivity index is 1.94. The summed E-state index contributed by atoms with van der Waals surface area (Å²) in [5.41, 5.74) is 3.16. The first-order valence-electron chi connectivity index (χ1n) is 6.19. The molecule has 0 radical (unpaired) electrons. The van der Waals surface area contributed by atoms with Gasteiger partial charge in [0.15, 0.2) is 0 Å². The van der Waals surface area contributed by atoms with Crippen molar-refractivity contribution in [3.63, 3.8) is 0 Å². The fourth-order valence-corrected chi connectivity index (χ4v) is 1.81. The molecule has 2 aromatic rings. The molecule has 0 fully saturated rings. The molecule has 0 aliphatic rings. The maximum Gasteiger partial charge on any atom is 0.139 e. The standard InChI is InChI=1S/C13H20N4O/c1-9(2)13-5-11(16-18-13)6-17(4)7-12-10(3)14-8-15-12/h5,8-9H,6-7H2,1-4H3,(H,14,15). The predicted octanol–water partition coefficient (Wildman–Crippen LogP) is 2.46. The summed E-state index contributed by atoms with van der Waals surface area (Å²) in [6.45, 7) is 7.80. The van der Waals surface area contributed by atoms with E-state index in [1.165, 1.54) is 0 Å². The van der Waals surface area contributed by atoms with Crippen LogP contribution in [0.25, 0.3) is 0 Å². The van der Waals surface area contributed by atoms with Gasteiger partial charge in [0.05, 0.1) is 17.7 Å². The van der Waals surface area contributed by atoms with Gasteiger partial charge in [-0.1, -0.05) is 19.0 Å². The van der Waals surface area contributed by atoms with Gasteiger partial charge >= 0.3 is 0 Å². The number of nitrogens with zero attached hydrogens (tertiary/aromatic N) is 3. The van der Waals surface area contributed by atoms with Crippen LogP contribution in [0.2, 0.25) is 0 Å². The Morgan fingerprint density at radius 1 is 1.39 bits per heavy atom. The van der Waals surface area contributed by atoms with Crippen molar-refractivity contribution in [3.05, 3.63) is 35.2 Å². The second kappa shape index (κ2) is 5.35. The first-order chi connectivity index (χ1) is 8.56. The highest BCUT2D eigenvalue weighted by Gasteiger charge is 2.11. The van der Waals surface area contributed by atoms with E-state index in [9.17, 15) is 0 Å². The van der Waals surface area contributed by atoms with Crippen LogP contribution >= 0.6 is 0 Å². The monoisotopic (exact) mass is 248 g/mol. The van der Waals surface area contributed by atoms with Crippen molar-refractivity contribution in [1.82, 2.24) is 20.0 Å². The molecule has 2 aromatic heterocycles. The molecule has 1 N–H and O–H groups in total. The molecule has 0 aliphatic heterocycles. The van der Waals surface area contributed by atoms with E-state index in [4.69, 9.17) is 4.52 Å². The number of aromatic amines is 1. The molecule has 2 heterocycles. The van der Waals surface area contributed by atoms with Crippen LogP contribution in [0.15, 0.2) is 16.9 Å². The summed E-state index contributed by atoms with van der Waals surface area (Å²) in [6, 6.07) is 2.03. The number of rotatable bonds is 5. The van der Waals surface area contributed by atoms with E-state index < -0.39 is 0 Å². The molecule has 0 unspecified atom stereocenters. The molecule has 98 valence electrons. The maximum atomic E-state index is 5.29. The van der Waals surface area contributed by atoms with Crippen LogP contribution in [0.4, 0.5) is 0 Å². The van der Waals surface area contributed by atoms with Crippen LogP contribution in [-0.4, -0.2) is 27.1 Å². The van der Waals surface area contributed by atoms with Crippen molar-refractivity contribution >= 4 is 0 Å². The SMILES string of the molecule is Cc1[nH]cnc1CN(C)Cc1cc(C(C)C)on1. The van der Waals surface area contributed by atoms with Crippen LogP contribution in [0.5, 0.6) is 0 Å². The lowest BCUT2D eigenvalue weighted by atomic mass is 10.1. The van der Waals surface area contributed by atoms with E-state index in [-0.39, 0.29) is 0 Å².